The fraction of sp³-hybridized carbons (Fsp3) is 0.438. The third-order valence-electron chi connectivity index (χ3n) is 3.48. The number of aryl methyl sites for hydroxylation is 2. The number of aromatic nitrogens is 2. The number of thioether (sulfide) groups is 1. The summed E-state index contributed by atoms with van der Waals surface area (Å²) < 4.78 is 10.9. The molecule has 0 radical (unpaired) electrons. The lowest BCUT2D eigenvalue weighted by molar-refractivity contribution is 0.0282. The maximum Gasteiger partial charge on any atom is 0.289 e. The summed E-state index contributed by atoms with van der Waals surface area (Å²) in [6.07, 6.45) is 0. The summed E-state index contributed by atoms with van der Waals surface area (Å²) in [7, 11) is 0. The van der Waals surface area contributed by atoms with Crippen LogP contribution in [0.5, 0.6) is 0 Å². The first-order valence-electron chi connectivity index (χ1n) is 7.52. The van der Waals surface area contributed by atoms with Gasteiger partial charge in [-0.05, 0) is 32.0 Å². The smallest absolute Gasteiger partial charge is 0.289 e. The first-order chi connectivity index (χ1) is 11.1. The molecule has 3 heterocycles. The van der Waals surface area contributed by atoms with Crippen molar-refractivity contribution < 1.29 is 13.9 Å². The number of nitrogens with zero attached hydrogens (tertiary/aromatic N) is 3. The standard InChI is InChI=1S/C16H19N3O3S/c1-11-9-12(2)18-16(17-11)23-10-13-3-4-14(22-13)15(20)19-5-7-21-8-6-19/h3-4,9H,5-8,10H2,1-2H3. The predicted octanol–water partition coefficient (Wildman–Crippen LogP) is 2.45. The van der Waals surface area contributed by atoms with Crippen molar-refractivity contribution in [1.82, 2.24) is 14.9 Å². The zero-order valence-corrected chi connectivity index (χ0v) is 14.1. The molecule has 0 N–H and O–H groups in total. The highest BCUT2D eigenvalue weighted by Gasteiger charge is 2.21. The number of carbonyl (C=O) groups excluding carboxylic acids is 1. The van der Waals surface area contributed by atoms with Gasteiger partial charge in [-0.15, -0.1) is 0 Å². The van der Waals surface area contributed by atoms with Gasteiger partial charge in [0, 0.05) is 24.5 Å². The fourth-order valence-electron chi connectivity index (χ4n) is 2.39. The first kappa shape index (κ1) is 16.0. The summed E-state index contributed by atoms with van der Waals surface area (Å²) in [4.78, 5) is 22.8. The molecule has 1 aliphatic heterocycles. The topological polar surface area (TPSA) is 68.5 Å². The summed E-state index contributed by atoms with van der Waals surface area (Å²) in [5.41, 5.74) is 1.89. The van der Waals surface area contributed by atoms with Crippen molar-refractivity contribution in [2.75, 3.05) is 26.3 Å². The number of morpholine rings is 1. The molecule has 0 bridgehead atoms. The zero-order valence-electron chi connectivity index (χ0n) is 13.2. The number of furan rings is 1. The number of hydrogen-bond donors (Lipinski definition) is 0. The molecule has 1 fully saturated rings. The minimum atomic E-state index is -0.0767. The molecular weight excluding hydrogens is 314 g/mol. The molecule has 0 aromatic carbocycles. The van der Waals surface area contributed by atoms with Crippen molar-refractivity contribution in [3.8, 4) is 0 Å². The molecule has 7 heteroatoms. The Hall–Kier alpha value is -1.86. The maximum absolute atomic E-state index is 12.3. The lowest BCUT2D eigenvalue weighted by Gasteiger charge is -2.25. The van der Waals surface area contributed by atoms with Crippen LogP contribution in [0.25, 0.3) is 0 Å². The van der Waals surface area contributed by atoms with Crippen LogP contribution in [0.15, 0.2) is 27.8 Å². The second-order valence-corrected chi connectivity index (χ2v) is 6.33. The molecule has 0 atom stereocenters. The molecule has 0 aliphatic carbocycles. The lowest BCUT2D eigenvalue weighted by atomic mass is 10.3. The van der Waals surface area contributed by atoms with E-state index in [1.165, 1.54) is 11.8 Å². The molecule has 1 aliphatic rings. The van der Waals surface area contributed by atoms with Crippen LogP contribution in [0.3, 0.4) is 0 Å². The molecule has 3 rings (SSSR count). The highest BCUT2D eigenvalue weighted by atomic mass is 32.2. The zero-order chi connectivity index (χ0) is 16.2. The van der Waals surface area contributed by atoms with Crippen molar-refractivity contribution in [2.24, 2.45) is 0 Å². The number of rotatable bonds is 4. The fourth-order valence-corrected chi connectivity index (χ4v) is 3.23. The van der Waals surface area contributed by atoms with Crippen molar-refractivity contribution in [2.45, 2.75) is 24.8 Å². The van der Waals surface area contributed by atoms with E-state index in [9.17, 15) is 4.79 Å². The molecule has 0 unspecified atom stereocenters. The van der Waals surface area contributed by atoms with Crippen LogP contribution in [-0.2, 0) is 10.5 Å². The van der Waals surface area contributed by atoms with Gasteiger partial charge < -0.3 is 14.1 Å². The van der Waals surface area contributed by atoms with Gasteiger partial charge in [-0.3, -0.25) is 4.79 Å². The van der Waals surface area contributed by atoms with E-state index in [0.29, 0.717) is 37.8 Å². The highest BCUT2D eigenvalue weighted by molar-refractivity contribution is 7.98. The number of amides is 1. The van der Waals surface area contributed by atoms with Crippen molar-refractivity contribution in [3.05, 3.63) is 41.1 Å². The SMILES string of the molecule is Cc1cc(C)nc(SCc2ccc(C(=O)N3CCOCC3)o2)n1. The Morgan fingerprint density at radius 3 is 2.61 bits per heavy atom. The quantitative estimate of drug-likeness (QED) is 0.632. The molecule has 122 valence electrons. The van der Waals surface area contributed by atoms with E-state index in [1.54, 1.807) is 11.0 Å². The Morgan fingerprint density at radius 1 is 1.22 bits per heavy atom. The van der Waals surface area contributed by atoms with Crippen molar-refractivity contribution in [1.29, 1.82) is 0 Å². The summed E-state index contributed by atoms with van der Waals surface area (Å²) >= 11 is 1.50. The van der Waals surface area contributed by atoms with Crippen LogP contribution in [0.2, 0.25) is 0 Å². The lowest BCUT2D eigenvalue weighted by Crippen LogP contribution is -2.40. The van der Waals surface area contributed by atoms with Crippen molar-refractivity contribution in [3.63, 3.8) is 0 Å². The summed E-state index contributed by atoms with van der Waals surface area (Å²) in [6.45, 7) is 6.29. The molecule has 2 aromatic heterocycles. The van der Waals surface area contributed by atoms with E-state index in [2.05, 4.69) is 9.97 Å². The minimum Gasteiger partial charge on any atom is -0.455 e. The van der Waals surface area contributed by atoms with Gasteiger partial charge >= 0.3 is 0 Å². The van der Waals surface area contributed by atoms with Crippen LogP contribution in [-0.4, -0.2) is 47.1 Å². The third-order valence-corrected chi connectivity index (χ3v) is 4.35. The van der Waals surface area contributed by atoms with Gasteiger partial charge in [0.05, 0.1) is 19.0 Å². The van der Waals surface area contributed by atoms with E-state index in [-0.39, 0.29) is 5.91 Å². The molecule has 1 amide bonds. The number of ether oxygens (including phenoxy) is 1. The van der Waals surface area contributed by atoms with Gasteiger partial charge in [-0.2, -0.15) is 0 Å². The molecule has 23 heavy (non-hydrogen) atoms. The largest absolute Gasteiger partial charge is 0.455 e. The van der Waals surface area contributed by atoms with Gasteiger partial charge in [0.1, 0.15) is 5.76 Å². The number of hydrogen-bond acceptors (Lipinski definition) is 6. The number of carbonyl (C=O) groups is 1. The van der Waals surface area contributed by atoms with Crippen LogP contribution >= 0.6 is 11.8 Å². The van der Waals surface area contributed by atoms with Gasteiger partial charge in [0.2, 0.25) is 0 Å². The van der Waals surface area contributed by atoms with E-state index >= 15 is 0 Å². The Kier molecular flexibility index (Phi) is 4.97. The van der Waals surface area contributed by atoms with Crippen LogP contribution in [0.1, 0.15) is 27.7 Å². The van der Waals surface area contributed by atoms with Gasteiger partial charge in [-0.1, -0.05) is 11.8 Å². The average molecular weight is 333 g/mol. The Balaban J connectivity index is 1.61. The Labute approximate surface area is 139 Å². The molecule has 6 nitrogen and oxygen atoms in total. The molecule has 1 saturated heterocycles. The first-order valence-corrected chi connectivity index (χ1v) is 8.51. The van der Waals surface area contributed by atoms with Crippen molar-refractivity contribution >= 4 is 17.7 Å². The highest BCUT2D eigenvalue weighted by Crippen LogP contribution is 2.22. The normalized spacial score (nSPS) is 15.0. The Morgan fingerprint density at radius 2 is 1.91 bits per heavy atom. The van der Waals surface area contributed by atoms with E-state index in [0.717, 1.165) is 22.3 Å². The van der Waals surface area contributed by atoms with Crippen LogP contribution < -0.4 is 0 Å². The van der Waals surface area contributed by atoms with E-state index in [1.807, 2.05) is 26.0 Å². The van der Waals surface area contributed by atoms with Gasteiger partial charge in [-0.25, -0.2) is 9.97 Å². The molecule has 0 spiro atoms. The summed E-state index contributed by atoms with van der Waals surface area (Å²) in [5.74, 6) is 1.64. The average Bonchev–Trinajstić information content (AvgIpc) is 3.01. The monoisotopic (exact) mass is 333 g/mol. The second kappa shape index (κ2) is 7.14. The Bertz CT molecular complexity index is 675. The molecule has 0 saturated carbocycles. The van der Waals surface area contributed by atoms with Gasteiger partial charge in [0.25, 0.3) is 5.91 Å². The van der Waals surface area contributed by atoms with E-state index < -0.39 is 0 Å². The molecular formula is C16H19N3O3S. The second-order valence-electron chi connectivity index (χ2n) is 5.39. The maximum atomic E-state index is 12.3. The minimum absolute atomic E-state index is 0.0767. The van der Waals surface area contributed by atoms with E-state index in [4.69, 9.17) is 9.15 Å². The van der Waals surface area contributed by atoms with Gasteiger partial charge in [0.15, 0.2) is 10.9 Å². The third kappa shape index (κ3) is 4.11. The summed E-state index contributed by atoms with van der Waals surface area (Å²) in [6, 6.07) is 5.51. The molecule has 2 aromatic rings. The van der Waals surface area contributed by atoms with Crippen LogP contribution in [0.4, 0.5) is 0 Å². The summed E-state index contributed by atoms with van der Waals surface area (Å²) in [5, 5.41) is 0.722. The predicted molar refractivity (Wildman–Crippen MR) is 86.5 cm³/mol. The van der Waals surface area contributed by atoms with Crippen LogP contribution in [0, 0.1) is 13.8 Å².